The van der Waals surface area contributed by atoms with Gasteiger partial charge in [0.2, 0.25) is 0 Å². The van der Waals surface area contributed by atoms with Crippen LogP contribution in [-0.2, 0) is 14.3 Å². The van der Waals surface area contributed by atoms with Crippen LogP contribution in [0.5, 0.6) is 0 Å². The van der Waals surface area contributed by atoms with Gasteiger partial charge in [0.1, 0.15) is 0 Å². The summed E-state index contributed by atoms with van der Waals surface area (Å²) in [6.45, 7) is 0. The highest BCUT2D eigenvalue weighted by atomic mass is 16.5. The number of aliphatic hydroxyl groups excluding tert-OH is 1. The maximum absolute atomic E-state index is 10.7. The first-order valence-corrected chi connectivity index (χ1v) is 5.03. The molecule has 1 atom stereocenters. The number of carbonyl (C=O) groups is 2. The van der Waals surface area contributed by atoms with E-state index in [2.05, 4.69) is 4.74 Å². The maximum atomic E-state index is 10.7. The third-order valence-electron chi connectivity index (χ3n) is 2.06. The summed E-state index contributed by atoms with van der Waals surface area (Å²) in [6.07, 6.45) is 2.09. The predicted molar refractivity (Wildman–Crippen MR) is 53.4 cm³/mol. The van der Waals surface area contributed by atoms with Crippen molar-refractivity contribution < 1.29 is 24.5 Å². The Morgan fingerprint density at radius 2 is 1.93 bits per heavy atom. The van der Waals surface area contributed by atoms with Crippen LogP contribution in [0.15, 0.2) is 0 Å². The van der Waals surface area contributed by atoms with Crippen molar-refractivity contribution in [2.45, 2.75) is 44.6 Å². The van der Waals surface area contributed by atoms with E-state index < -0.39 is 18.0 Å². The van der Waals surface area contributed by atoms with Gasteiger partial charge in [0.05, 0.1) is 19.6 Å². The number of esters is 1. The molecular weight excluding hydrogens is 200 g/mol. The van der Waals surface area contributed by atoms with Gasteiger partial charge in [-0.25, -0.2) is 0 Å². The topological polar surface area (TPSA) is 83.8 Å². The number of rotatable bonds is 8. The zero-order valence-corrected chi connectivity index (χ0v) is 8.94. The Kier molecular flexibility index (Phi) is 7.62. The second-order valence-corrected chi connectivity index (χ2v) is 3.43. The molecule has 0 aromatic rings. The SMILES string of the molecule is COC(=O)C[C@H](O)CCCCCC(=O)O. The number of unbranched alkanes of at least 4 members (excludes halogenated alkanes) is 2. The standard InChI is InChI=1S/C10H18O5/c1-15-10(14)7-8(11)5-3-2-4-6-9(12)13/h8,11H,2-7H2,1H3,(H,12,13)/t8-/m1/s1. The lowest BCUT2D eigenvalue weighted by Crippen LogP contribution is -2.14. The number of carbonyl (C=O) groups excluding carboxylic acids is 1. The van der Waals surface area contributed by atoms with Crippen LogP contribution in [0.1, 0.15) is 38.5 Å². The van der Waals surface area contributed by atoms with Crippen molar-refractivity contribution in [3.05, 3.63) is 0 Å². The normalized spacial score (nSPS) is 12.1. The third-order valence-corrected chi connectivity index (χ3v) is 2.06. The van der Waals surface area contributed by atoms with E-state index in [0.717, 1.165) is 12.8 Å². The van der Waals surface area contributed by atoms with Gasteiger partial charge in [-0.3, -0.25) is 9.59 Å². The molecule has 0 heterocycles. The summed E-state index contributed by atoms with van der Waals surface area (Å²) < 4.78 is 4.40. The molecule has 0 aliphatic rings. The fourth-order valence-corrected chi connectivity index (χ4v) is 1.21. The van der Waals surface area contributed by atoms with Gasteiger partial charge < -0.3 is 14.9 Å². The van der Waals surface area contributed by atoms with Crippen molar-refractivity contribution in [3.8, 4) is 0 Å². The van der Waals surface area contributed by atoms with Crippen molar-refractivity contribution in [2.75, 3.05) is 7.11 Å². The zero-order valence-electron chi connectivity index (χ0n) is 8.94. The Labute approximate surface area is 89.0 Å². The van der Waals surface area contributed by atoms with Gasteiger partial charge in [-0.15, -0.1) is 0 Å². The molecule has 0 saturated carbocycles. The lowest BCUT2D eigenvalue weighted by Gasteiger charge is -2.08. The average molecular weight is 218 g/mol. The van der Waals surface area contributed by atoms with Crippen molar-refractivity contribution in [1.82, 2.24) is 0 Å². The van der Waals surface area contributed by atoms with E-state index in [1.165, 1.54) is 7.11 Å². The Morgan fingerprint density at radius 1 is 1.27 bits per heavy atom. The second-order valence-electron chi connectivity index (χ2n) is 3.43. The van der Waals surface area contributed by atoms with Crippen molar-refractivity contribution in [2.24, 2.45) is 0 Å². The number of methoxy groups -OCH3 is 1. The Bertz CT molecular complexity index is 202. The molecule has 0 aliphatic carbocycles. The van der Waals surface area contributed by atoms with Gasteiger partial charge in [0.25, 0.3) is 0 Å². The molecule has 0 bridgehead atoms. The molecule has 5 nitrogen and oxygen atoms in total. The van der Waals surface area contributed by atoms with E-state index in [1.807, 2.05) is 0 Å². The van der Waals surface area contributed by atoms with Crippen molar-refractivity contribution >= 4 is 11.9 Å². The average Bonchev–Trinajstić information content (AvgIpc) is 2.16. The molecule has 0 rings (SSSR count). The molecule has 0 amide bonds. The molecule has 2 N–H and O–H groups in total. The molecule has 0 aromatic carbocycles. The summed E-state index contributed by atoms with van der Waals surface area (Å²) in [5.74, 6) is -1.22. The van der Waals surface area contributed by atoms with Gasteiger partial charge in [0, 0.05) is 6.42 Å². The number of carboxylic acids is 1. The van der Waals surface area contributed by atoms with E-state index in [0.29, 0.717) is 12.8 Å². The first-order chi connectivity index (χ1) is 7.06. The third kappa shape index (κ3) is 9.21. The molecule has 0 spiro atoms. The molecule has 15 heavy (non-hydrogen) atoms. The molecule has 88 valence electrons. The summed E-state index contributed by atoms with van der Waals surface area (Å²) >= 11 is 0. The summed E-state index contributed by atoms with van der Waals surface area (Å²) in [4.78, 5) is 20.9. The minimum atomic E-state index is -0.801. The predicted octanol–water partition coefficient (Wildman–Crippen LogP) is 0.946. The van der Waals surface area contributed by atoms with Gasteiger partial charge in [-0.05, 0) is 12.8 Å². The monoisotopic (exact) mass is 218 g/mol. The highest BCUT2D eigenvalue weighted by Gasteiger charge is 2.10. The fraction of sp³-hybridized carbons (Fsp3) is 0.800. The van der Waals surface area contributed by atoms with Crippen LogP contribution >= 0.6 is 0 Å². The van der Waals surface area contributed by atoms with E-state index in [1.54, 1.807) is 0 Å². The van der Waals surface area contributed by atoms with Crippen molar-refractivity contribution in [3.63, 3.8) is 0 Å². The number of hydrogen-bond acceptors (Lipinski definition) is 4. The van der Waals surface area contributed by atoms with E-state index in [4.69, 9.17) is 5.11 Å². The van der Waals surface area contributed by atoms with E-state index >= 15 is 0 Å². The molecule has 0 radical (unpaired) electrons. The molecule has 0 aromatic heterocycles. The Morgan fingerprint density at radius 3 is 2.47 bits per heavy atom. The summed E-state index contributed by atoms with van der Waals surface area (Å²) in [7, 11) is 1.28. The molecule has 0 fully saturated rings. The minimum Gasteiger partial charge on any atom is -0.481 e. The minimum absolute atomic E-state index is 0.00936. The molecule has 0 saturated heterocycles. The maximum Gasteiger partial charge on any atom is 0.308 e. The van der Waals surface area contributed by atoms with Gasteiger partial charge in [-0.2, -0.15) is 0 Å². The van der Waals surface area contributed by atoms with Gasteiger partial charge >= 0.3 is 11.9 Å². The smallest absolute Gasteiger partial charge is 0.308 e. The number of aliphatic hydroxyl groups is 1. The zero-order chi connectivity index (χ0) is 11.7. The fourth-order valence-electron chi connectivity index (χ4n) is 1.21. The first-order valence-electron chi connectivity index (χ1n) is 5.03. The van der Waals surface area contributed by atoms with Crippen molar-refractivity contribution in [1.29, 1.82) is 0 Å². The molecule has 5 heteroatoms. The summed E-state index contributed by atoms with van der Waals surface area (Å²) in [5, 5.41) is 17.7. The lowest BCUT2D eigenvalue weighted by atomic mass is 10.1. The Balaban J connectivity index is 3.35. The highest BCUT2D eigenvalue weighted by molar-refractivity contribution is 5.69. The van der Waals surface area contributed by atoms with Crippen LogP contribution in [0.4, 0.5) is 0 Å². The second kappa shape index (κ2) is 8.23. The number of hydrogen-bond donors (Lipinski definition) is 2. The molecule has 0 aliphatic heterocycles. The van der Waals surface area contributed by atoms with E-state index in [-0.39, 0.29) is 12.8 Å². The molecular formula is C10H18O5. The molecule has 0 unspecified atom stereocenters. The van der Waals surface area contributed by atoms with Crippen LogP contribution in [0.25, 0.3) is 0 Å². The van der Waals surface area contributed by atoms with Crippen LogP contribution < -0.4 is 0 Å². The lowest BCUT2D eigenvalue weighted by molar-refractivity contribution is -0.143. The summed E-state index contributed by atoms with van der Waals surface area (Å²) in [5.41, 5.74) is 0. The van der Waals surface area contributed by atoms with Crippen LogP contribution in [0.2, 0.25) is 0 Å². The Hall–Kier alpha value is -1.10. The quantitative estimate of drug-likeness (QED) is 0.468. The highest BCUT2D eigenvalue weighted by Crippen LogP contribution is 2.08. The largest absolute Gasteiger partial charge is 0.481 e. The number of ether oxygens (including phenoxy) is 1. The number of aliphatic carboxylic acids is 1. The van der Waals surface area contributed by atoms with Gasteiger partial charge in [0.15, 0.2) is 0 Å². The van der Waals surface area contributed by atoms with Crippen LogP contribution in [0.3, 0.4) is 0 Å². The van der Waals surface area contributed by atoms with Gasteiger partial charge in [-0.1, -0.05) is 12.8 Å². The summed E-state index contributed by atoms with van der Waals surface area (Å²) in [6, 6.07) is 0. The first kappa shape index (κ1) is 13.9. The van der Waals surface area contributed by atoms with Crippen LogP contribution in [0, 0.1) is 0 Å². The number of carboxylic acid groups (broad SMARTS) is 1. The van der Waals surface area contributed by atoms with E-state index in [9.17, 15) is 14.7 Å². The van der Waals surface area contributed by atoms with Crippen LogP contribution in [-0.4, -0.2) is 35.4 Å².